The minimum Gasteiger partial charge on any atom is -0.324 e. The number of anilines is 2. The van der Waals surface area contributed by atoms with Gasteiger partial charge in [0.2, 0.25) is 5.91 Å². The third kappa shape index (κ3) is 2.88. The molecule has 1 N–H and O–H groups in total. The van der Waals surface area contributed by atoms with Gasteiger partial charge >= 0.3 is 0 Å². The molecule has 0 aliphatic carbocycles. The predicted molar refractivity (Wildman–Crippen MR) is 99.2 cm³/mol. The second kappa shape index (κ2) is 6.31. The fourth-order valence-corrected chi connectivity index (χ4v) is 4.04. The standard InChI is InChI=1S/C17H14Cl2N2O2S/c1-17(15(22)20-10-7-8-11(18)12(19)9-10)16(23)21(2)13-5-3-4-6-14(13)24-17/h3-9H,1-2H3,(H,20,22). The third-order valence-corrected chi connectivity index (χ3v) is 5.94. The summed E-state index contributed by atoms with van der Waals surface area (Å²) >= 11 is 13.1. The summed E-state index contributed by atoms with van der Waals surface area (Å²) < 4.78 is -1.27. The van der Waals surface area contributed by atoms with E-state index in [1.165, 1.54) is 16.7 Å². The van der Waals surface area contributed by atoms with Crippen LogP contribution < -0.4 is 10.2 Å². The first-order chi connectivity index (χ1) is 11.3. The summed E-state index contributed by atoms with van der Waals surface area (Å²) in [5.41, 5.74) is 1.29. The van der Waals surface area contributed by atoms with Crippen LogP contribution in [0, 0.1) is 0 Å². The fraction of sp³-hybridized carbons (Fsp3) is 0.176. The Hall–Kier alpha value is -1.69. The fourth-order valence-electron chi connectivity index (χ4n) is 2.48. The minimum atomic E-state index is -1.27. The lowest BCUT2D eigenvalue weighted by molar-refractivity contribution is -0.128. The maximum atomic E-state index is 12.8. The Kier molecular flexibility index (Phi) is 4.51. The van der Waals surface area contributed by atoms with Gasteiger partial charge in [-0.3, -0.25) is 9.59 Å². The highest BCUT2D eigenvalue weighted by atomic mass is 35.5. The number of nitrogens with zero attached hydrogens (tertiary/aromatic N) is 1. The molecule has 1 aliphatic rings. The number of carbonyl (C=O) groups is 2. The molecule has 1 aliphatic heterocycles. The molecule has 1 unspecified atom stereocenters. The third-order valence-electron chi connectivity index (χ3n) is 3.86. The largest absolute Gasteiger partial charge is 0.324 e. The number of rotatable bonds is 2. The molecule has 2 amide bonds. The van der Waals surface area contributed by atoms with Gasteiger partial charge in [0.05, 0.1) is 15.7 Å². The lowest BCUT2D eigenvalue weighted by Gasteiger charge is -2.36. The van der Waals surface area contributed by atoms with E-state index in [4.69, 9.17) is 23.2 Å². The second-order valence-corrected chi connectivity index (χ2v) is 7.83. The van der Waals surface area contributed by atoms with Crippen molar-refractivity contribution in [1.82, 2.24) is 0 Å². The molecular weight excluding hydrogens is 367 g/mol. The Labute approximate surface area is 154 Å². The Morgan fingerprint density at radius 3 is 2.58 bits per heavy atom. The summed E-state index contributed by atoms with van der Waals surface area (Å²) in [4.78, 5) is 28.0. The topological polar surface area (TPSA) is 49.4 Å². The van der Waals surface area contributed by atoms with E-state index in [1.54, 1.807) is 32.2 Å². The molecule has 1 heterocycles. The molecule has 0 spiro atoms. The Balaban J connectivity index is 1.91. The van der Waals surface area contributed by atoms with Gasteiger partial charge in [0.25, 0.3) is 5.91 Å². The van der Waals surface area contributed by atoms with Crippen LogP contribution in [0.25, 0.3) is 0 Å². The quantitative estimate of drug-likeness (QED) is 0.782. The molecule has 2 aromatic carbocycles. The Morgan fingerprint density at radius 2 is 1.88 bits per heavy atom. The number of amides is 2. The van der Waals surface area contributed by atoms with Crippen LogP contribution in [0.5, 0.6) is 0 Å². The first-order valence-corrected chi connectivity index (χ1v) is 8.73. The highest BCUT2D eigenvalue weighted by molar-refractivity contribution is 8.02. The summed E-state index contributed by atoms with van der Waals surface area (Å²) in [7, 11) is 1.67. The maximum absolute atomic E-state index is 12.8. The van der Waals surface area contributed by atoms with Gasteiger partial charge in [-0.15, -0.1) is 0 Å². The lowest BCUT2D eigenvalue weighted by atomic mass is 10.1. The highest BCUT2D eigenvalue weighted by Gasteiger charge is 2.48. The molecular formula is C17H14Cl2N2O2S. The van der Waals surface area contributed by atoms with Gasteiger partial charge in [0, 0.05) is 17.6 Å². The molecule has 0 bridgehead atoms. The summed E-state index contributed by atoms with van der Waals surface area (Å²) in [6.45, 7) is 1.62. The molecule has 0 fully saturated rings. The first kappa shape index (κ1) is 17.1. The summed E-state index contributed by atoms with van der Waals surface area (Å²) in [6, 6.07) is 12.3. The van der Waals surface area contributed by atoms with E-state index >= 15 is 0 Å². The molecule has 0 aromatic heterocycles. The van der Waals surface area contributed by atoms with Gasteiger partial charge in [0.1, 0.15) is 0 Å². The van der Waals surface area contributed by atoms with E-state index in [0.717, 1.165) is 10.6 Å². The van der Waals surface area contributed by atoms with Crippen molar-refractivity contribution in [2.75, 3.05) is 17.3 Å². The Bertz CT molecular complexity index is 843. The molecule has 0 saturated heterocycles. The second-order valence-electron chi connectivity index (χ2n) is 5.55. The van der Waals surface area contributed by atoms with Gasteiger partial charge in [-0.2, -0.15) is 0 Å². The monoisotopic (exact) mass is 380 g/mol. The maximum Gasteiger partial charge on any atom is 0.252 e. The van der Waals surface area contributed by atoms with Crippen molar-refractivity contribution in [3.05, 3.63) is 52.5 Å². The van der Waals surface area contributed by atoms with Crippen LogP contribution in [-0.4, -0.2) is 23.6 Å². The molecule has 4 nitrogen and oxygen atoms in total. The molecule has 3 rings (SSSR count). The van der Waals surface area contributed by atoms with Crippen LogP contribution in [0.15, 0.2) is 47.4 Å². The average molecular weight is 381 g/mol. The Morgan fingerprint density at radius 1 is 1.17 bits per heavy atom. The van der Waals surface area contributed by atoms with Gasteiger partial charge in [-0.05, 0) is 37.3 Å². The van der Waals surface area contributed by atoms with Crippen molar-refractivity contribution in [2.24, 2.45) is 0 Å². The number of hydrogen-bond donors (Lipinski definition) is 1. The number of hydrogen-bond acceptors (Lipinski definition) is 3. The zero-order valence-corrected chi connectivity index (χ0v) is 15.3. The normalized spacial score (nSPS) is 19.8. The molecule has 0 saturated carbocycles. The zero-order valence-electron chi connectivity index (χ0n) is 13.0. The number of fused-ring (bicyclic) bond motifs is 1. The van der Waals surface area contributed by atoms with Crippen LogP contribution in [-0.2, 0) is 9.59 Å². The van der Waals surface area contributed by atoms with E-state index in [0.29, 0.717) is 15.7 Å². The van der Waals surface area contributed by atoms with Gasteiger partial charge in [-0.25, -0.2) is 0 Å². The number of nitrogens with one attached hydrogen (secondary N) is 1. The molecule has 7 heteroatoms. The molecule has 0 radical (unpaired) electrons. The van der Waals surface area contributed by atoms with Crippen molar-refractivity contribution >= 4 is 58.2 Å². The summed E-state index contributed by atoms with van der Waals surface area (Å²) in [5.74, 6) is -0.680. The van der Waals surface area contributed by atoms with Crippen molar-refractivity contribution in [3.8, 4) is 0 Å². The van der Waals surface area contributed by atoms with Crippen LogP contribution in [0.1, 0.15) is 6.92 Å². The van der Waals surface area contributed by atoms with Crippen LogP contribution >= 0.6 is 35.0 Å². The first-order valence-electron chi connectivity index (χ1n) is 7.15. The van der Waals surface area contributed by atoms with Crippen molar-refractivity contribution in [2.45, 2.75) is 16.6 Å². The number of carbonyl (C=O) groups excluding carboxylic acids is 2. The zero-order chi connectivity index (χ0) is 17.5. The summed E-state index contributed by atoms with van der Waals surface area (Å²) in [6.07, 6.45) is 0. The predicted octanol–water partition coefficient (Wildman–Crippen LogP) is 4.46. The van der Waals surface area contributed by atoms with Gasteiger partial charge in [-0.1, -0.05) is 47.1 Å². The van der Waals surface area contributed by atoms with Crippen LogP contribution in [0.2, 0.25) is 10.0 Å². The number of halogens is 2. The smallest absolute Gasteiger partial charge is 0.252 e. The number of thioether (sulfide) groups is 1. The van der Waals surface area contributed by atoms with Gasteiger partial charge in [0.15, 0.2) is 4.75 Å². The van der Waals surface area contributed by atoms with E-state index in [-0.39, 0.29) is 5.91 Å². The van der Waals surface area contributed by atoms with Crippen LogP contribution in [0.3, 0.4) is 0 Å². The van der Waals surface area contributed by atoms with E-state index in [2.05, 4.69) is 5.32 Å². The minimum absolute atomic E-state index is 0.274. The number of benzene rings is 2. The average Bonchev–Trinajstić information content (AvgIpc) is 2.56. The van der Waals surface area contributed by atoms with Crippen LogP contribution in [0.4, 0.5) is 11.4 Å². The molecule has 2 aromatic rings. The molecule has 1 atom stereocenters. The van der Waals surface area contributed by atoms with Crippen molar-refractivity contribution < 1.29 is 9.59 Å². The molecule has 24 heavy (non-hydrogen) atoms. The van der Waals surface area contributed by atoms with Crippen molar-refractivity contribution in [3.63, 3.8) is 0 Å². The number of para-hydroxylation sites is 1. The van der Waals surface area contributed by atoms with Gasteiger partial charge < -0.3 is 10.2 Å². The highest BCUT2D eigenvalue weighted by Crippen LogP contribution is 2.45. The SMILES string of the molecule is CN1C(=O)C(C)(C(=O)Nc2ccc(Cl)c(Cl)c2)Sc2ccccc21. The van der Waals surface area contributed by atoms with E-state index in [9.17, 15) is 9.59 Å². The summed E-state index contributed by atoms with van der Waals surface area (Å²) in [5, 5.41) is 3.49. The van der Waals surface area contributed by atoms with Crippen molar-refractivity contribution in [1.29, 1.82) is 0 Å². The van der Waals surface area contributed by atoms with E-state index in [1.807, 2.05) is 24.3 Å². The molecule has 124 valence electrons. The van der Waals surface area contributed by atoms with E-state index < -0.39 is 10.7 Å². The lowest BCUT2D eigenvalue weighted by Crippen LogP contribution is -2.53.